The van der Waals surface area contributed by atoms with Crippen molar-refractivity contribution in [3.05, 3.63) is 59.0 Å². The van der Waals surface area contributed by atoms with E-state index < -0.39 is 11.4 Å². The van der Waals surface area contributed by atoms with Gasteiger partial charge in [-0.25, -0.2) is 9.78 Å². The van der Waals surface area contributed by atoms with Crippen molar-refractivity contribution in [2.45, 2.75) is 38.5 Å². The number of para-hydroxylation sites is 1. The van der Waals surface area contributed by atoms with E-state index in [2.05, 4.69) is 16.0 Å². The number of ether oxygens (including phenoxy) is 3. The summed E-state index contributed by atoms with van der Waals surface area (Å²) in [7, 11) is 1.60. The van der Waals surface area contributed by atoms with Gasteiger partial charge in [-0.15, -0.1) is 0 Å². The topological polar surface area (TPSA) is 107 Å². The van der Waals surface area contributed by atoms with Gasteiger partial charge in [-0.3, -0.25) is 0 Å². The number of hydrogen-bond donors (Lipinski definition) is 0. The van der Waals surface area contributed by atoms with E-state index >= 15 is 0 Å². The molecule has 35 heavy (non-hydrogen) atoms. The lowest BCUT2D eigenvalue weighted by molar-refractivity contribution is -0.145. The molecule has 0 saturated heterocycles. The Kier molecular flexibility index (Phi) is 5.77. The van der Waals surface area contributed by atoms with Gasteiger partial charge in [0.15, 0.2) is 17.9 Å². The Bertz CT molecular complexity index is 1490. The SMILES string of the molecule is CCOC(=O)COc1nc(C)nc2c1CC(C#N)(c1ccc(OC)c3oc4ccccc4c13)CC2. The molecule has 4 aromatic rings. The summed E-state index contributed by atoms with van der Waals surface area (Å²) < 4.78 is 22.5. The van der Waals surface area contributed by atoms with Gasteiger partial charge in [0.25, 0.3) is 0 Å². The van der Waals surface area contributed by atoms with Crippen LogP contribution in [-0.4, -0.2) is 36.3 Å². The van der Waals surface area contributed by atoms with Gasteiger partial charge < -0.3 is 18.6 Å². The molecule has 0 N–H and O–H groups in total. The summed E-state index contributed by atoms with van der Waals surface area (Å²) in [6.45, 7) is 3.54. The van der Waals surface area contributed by atoms with E-state index in [0.29, 0.717) is 42.3 Å². The number of aromatic nitrogens is 2. The quantitative estimate of drug-likeness (QED) is 0.376. The van der Waals surface area contributed by atoms with Crippen LogP contribution in [0.5, 0.6) is 11.6 Å². The lowest BCUT2D eigenvalue weighted by Crippen LogP contribution is -2.33. The Balaban J connectivity index is 1.64. The van der Waals surface area contributed by atoms with Crippen LogP contribution in [0.3, 0.4) is 0 Å². The van der Waals surface area contributed by atoms with Crippen LogP contribution in [0.25, 0.3) is 21.9 Å². The van der Waals surface area contributed by atoms with E-state index in [9.17, 15) is 10.1 Å². The molecule has 2 aromatic carbocycles. The number of esters is 1. The molecule has 0 bridgehead atoms. The first-order valence-corrected chi connectivity index (χ1v) is 11.5. The third-order valence-corrected chi connectivity index (χ3v) is 6.51. The Morgan fingerprint density at radius 2 is 2.06 bits per heavy atom. The second-order valence-corrected chi connectivity index (χ2v) is 8.58. The highest BCUT2D eigenvalue weighted by Gasteiger charge is 2.41. The molecule has 0 amide bonds. The molecule has 0 aliphatic heterocycles. The number of carbonyl (C=O) groups excluding carboxylic acids is 1. The van der Waals surface area contributed by atoms with Crippen molar-refractivity contribution >= 4 is 27.9 Å². The zero-order valence-corrected chi connectivity index (χ0v) is 19.9. The maximum atomic E-state index is 11.9. The number of benzene rings is 2. The number of hydrogen-bond acceptors (Lipinski definition) is 8. The molecule has 0 saturated carbocycles. The summed E-state index contributed by atoms with van der Waals surface area (Å²) in [5.74, 6) is 1.02. The second kappa shape index (κ2) is 8.91. The van der Waals surface area contributed by atoms with Gasteiger partial charge in [-0.1, -0.05) is 24.3 Å². The number of nitriles is 1. The summed E-state index contributed by atoms with van der Waals surface area (Å²) in [6.07, 6.45) is 1.49. The maximum Gasteiger partial charge on any atom is 0.344 e. The second-order valence-electron chi connectivity index (χ2n) is 8.58. The summed E-state index contributed by atoms with van der Waals surface area (Å²) >= 11 is 0. The van der Waals surface area contributed by atoms with E-state index in [0.717, 1.165) is 33.2 Å². The fourth-order valence-corrected chi connectivity index (χ4v) is 4.93. The predicted octanol–water partition coefficient (Wildman–Crippen LogP) is 4.59. The Hall–Kier alpha value is -4.12. The van der Waals surface area contributed by atoms with E-state index in [1.54, 1.807) is 21.0 Å². The van der Waals surface area contributed by atoms with Crippen LogP contribution in [0.4, 0.5) is 0 Å². The Morgan fingerprint density at radius 3 is 2.83 bits per heavy atom. The van der Waals surface area contributed by atoms with Gasteiger partial charge in [0.05, 0.1) is 30.9 Å². The molecule has 1 aliphatic carbocycles. The highest BCUT2D eigenvalue weighted by molar-refractivity contribution is 6.09. The molecule has 0 fully saturated rings. The molecule has 1 aliphatic rings. The average molecular weight is 472 g/mol. The van der Waals surface area contributed by atoms with Crippen LogP contribution in [-0.2, 0) is 27.8 Å². The number of carbonyl (C=O) groups is 1. The van der Waals surface area contributed by atoms with Gasteiger partial charge in [0.2, 0.25) is 5.88 Å². The lowest BCUT2D eigenvalue weighted by atomic mass is 9.68. The molecule has 0 radical (unpaired) electrons. The normalized spacial score (nSPS) is 17.1. The molecule has 2 heterocycles. The van der Waals surface area contributed by atoms with E-state index in [4.69, 9.17) is 18.6 Å². The minimum atomic E-state index is -0.870. The van der Waals surface area contributed by atoms with Crippen molar-refractivity contribution in [2.75, 3.05) is 20.3 Å². The molecule has 178 valence electrons. The number of methoxy groups -OCH3 is 1. The summed E-state index contributed by atoms with van der Waals surface area (Å²) in [5, 5.41) is 12.4. The highest BCUT2D eigenvalue weighted by atomic mass is 16.6. The minimum absolute atomic E-state index is 0.255. The van der Waals surface area contributed by atoms with Gasteiger partial charge in [0, 0.05) is 22.8 Å². The Labute approximate surface area is 202 Å². The first kappa shape index (κ1) is 22.7. The highest BCUT2D eigenvalue weighted by Crippen LogP contribution is 2.47. The van der Waals surface area contributed by atoms with Crippen molar-refractivity contribution in [1.29, 1.82) is 5.26 Å². The standard InChI is InChI=1S/C27H25N3O5/c1-4-33-23(31)14-34-26-18-13-27(15-28,12-11-20(18)29-16(2)30-26)19-9-10-22(32-3)25-24(19)17-7-5-6-8-21(17)35-25/h5-10H,4,11-14H2,1-3H3. The molecule has 1 atom stereocenters. The summed E-state index contributed by atoms with van der Waals surface area (Å²) in [6, 6.07) is 14.2. The van der Waals surface area contributed by atoms with Crippen LogP contribution in [0.2, 0.25) is 0 Å². The minimum Gasteiger partial charge on any atom is -0.493 e. The first-order chi connectivity index (χ1) is 17.0. The monoisotopic (exact) mass is 471 g/mol. The third kappa shape index (κ3) is 3.83. The lowest BCUT2D eigenvalue weighted by Gasteiger charge is -2.33. The third-order valence-electron chi connectivity index (χ3n) is 6.51. The fourth-order valence-electron chi connectivity index (χ4n) is 4.93. The van der Waals surface area contributed by atoms with Gasteiger partial charge in [-0.05, 0) is 44.4 Å². The van der Waals surface area contributed by atoms with Crippen molar-refractivity contribution < 1.29 is 23.4 Å². The molecular formula is C27H25N3O5. The summed E-state index contributed by atoms with van der Waals surface area (Å²) in [4.78, 5) is 21.0. The van der Waals surface area contributed by atoms with Crippen molar-refractivity contribution in [3.63, 3.8) is 0 Å². The van der Waals surface area contributed by atoms with E-state index in [1.807, 2.05) is 36.4 Å². The molecule has 8 heteroatoms. The zero-order chi connectivity index (χ0) is 24.6. The molecule has 1 unspecified atom stereocenters. The van der Waals surface area contributed by atoms with Crippen LogP contribution < -0.4 is 9.47 Å². The Morgan fingerprint density at radius 1 is 1.23 bits per heavy atom. The summed E-state index contributed by atoms with van der Waals surface area (Å²) in [5.41, 5.74) is 2.92. The molecule has 0 spiro atoms. The molecular weight excluding hydrogens is 446 g/mol. The van der Waals surface area contributed by atoms with Crippen molar-refractivity contribution in [3.8, 4) is 17.7 Å². The largest absolute Gasteiger partial charge is 0.493 e. The number of aryl methyl sites for hydroxylation is 2. The smallest absolute Gasteiger partial charge is 0.344 e. The van der Waals surface area contributed by atoms with Crippen LogP contribution in [0, 0.1) is 18.3 Å². The van der Waals surface area contributed by atoms with Crippen molar-refractivity contribution in [2.24, 2.45) is 0 Å². The maximum absolute atomic E-state index is 11.9. The zero-order valence-electron chi connectivity index (χ0n) is 19.9. The van der Waals surface area contributed by atoms with Gasteiger partial charge >= 0.3 is 5.97 Å². The number of fused-ring (bicyclic) bond motifs is 4. The van der Waals surface area contributed by atoms with Crippen LogP contribution in [0.15, 0.2) is 40.8 Å². The van der Waals surface area contributed by atoms with Crippen LogP contribution >= 0.6 is 0 Å². The molecule has 2 aromatic heterocycles. The predicted molar refractivity (Wildman–Crippen MR) is 128 cm³/mol. The van der Waals surface area contributed by atoms with E-state index in [-0.39, 0.29) is 13.2 Å². The number of rotatable bonds is 6. The number of furan rings is 1. The first-order valence-electron chi connectivity index (χ1n) is 11.5. The average Bonchev–Trinajstić information content (AvgIpc) is 3.26. The van der Waals surface area contributed by atoms with E-state index in [1.165, 1.54) is 0 Å². The van der Waals surface area contributed by atoms with Crippen LogP contribution in [0.1, 0.15) is 36.0 Å². The number of nitrogens with zero attached hydrogens (tertiary/aromatic N) is 3. The molecule has 8 nitrogen and oxygen atoms in total. The van der Waals surface area contributed by atoms with Gasteiger partial charge in [-0.2, -0.15) is 10.2 Å². The molecule has 5 rings (SSSR count). The van der Waals surface area contributed by atoms with Crippen molar-refractivity contribution in [1.82, 2.24) is 9.97 Å². The van der Waals surface area contributed by atoms with Gasteiger partial charge in [0.1, 0.15) is 11.4 Å². The fraction of sp³-hybridized carbons (Fsp3) is 0.333.